The first-order valence-corrected chi connectivity index (χ1v) is 9.97. The van der Waals surface area contributed by atoms with Gasteiger partial charge in [0.25, 0.3) is 0 Å². The number of benzene rings is 2. The number of rotatable bonds is 6. The van der Waals surface area contributed by atoms with Crippen molar-refractivity contribution in [2.45, 2.75) is 12.5 Å². The molecular weight excluding hydrogens is 376 g/mol. The zero-order valence-electron chi connectivity index (χ0n) is 15.8. The molecule has 2 aliphatic rings. The number of hydrogen-bond donors (Lipinski definition) is 1. The number of fused-ring (bicyclic) bond motifs is 1. The third-order valence-corrected chi connectivity index (χ3v) is 5.41. The average Bonchev–Trinajstić information content (AvgIpc) is 3.07. The van der Waals surface area contributed by atoms with Crippen LogP contribution in [0.3, 0.4) is 0 Å². The summed E-state index contributed by atoms with van der Waals surface area (Å²) < 4.78 is 11.3. The highest BCUT2D eigenvalue weighted by molar-refractivity contribution is 6.30. The molecule has 1 saturated heterocycles. The average molecular weight is 401 g/mol. The maximum Gasteiger partial charge on any atom is 0.134 e. The van der Waals surface area contributed by atoms with Gasteiger partial charge in [-0.1, -0.05) is 24.2 Å². The molecule has 2 aromatic carbocycles. The molecule has 0 radical (unpaired) electrons. The second-order valence-electron chi connectivity index (χ2n) is 7.32. The molecule has 1 N–H and O–H groups in total. The van der Waals surface area contributed by atoms with Crippen molar-refractivity contribution in [1.29, 1.82) is 0 Å². The molecule has 0 unspecified atom stereocenters. The van der Waals surface area contributed by atoms with Crippen LogP contribution in [-0.4, -0.2) is 55.4 Å². The minimum absolute atomic E-state index is 0.261. The monoisotopic (exact) mass is 400 g/mol. The summed E-state index contributed by atoms with van der Waals surface area (Å²) in [5.41, 5.74) is 2.31. The van der Waals surface area contributed by atoms with Crippen molar-refractivity contribution < 1.29 is 14.6 Å². The van der Waals surface area contributed by atoms with Crippen LogP contribution in [-0.2, 0) is 6.42 Å². The largest absolute Gasteiger partial charge is 0.491 e. The number of β-amino-alcohol motifs (C(OH)–C–C–N with tert-alkyl or cyclic N) is 1. The van der Waals surface area contributed by atoms with Crippen molar-refractivity contribution >= 4 is 17.3 Å². The van der Waals surface area contributed by atoms with E-state index >= 15 is 0 Å². The van der Waals surface area contributed by atoms with Crippen LogP contribution in [0.2, 0.25) is 5.02 Å². The van der Waals surface area contributed by atoms with Gasteiger partial charge in [-0.25, -0.2) is 0 Å². The van der Waals surface area contributed by atoms with Crippen LogP contribution in [0.15, 0.2) is 54.8 Å². The summed E-state index contributed by atoms with van der Waals surface area (Å²) >= 11 is 5.96. The lowest BCUT2D eigenvalue weighted by atomic mass is 10.1. The van der Waals surface area contributed by atoms with Gasteiger partial charge in [-0.2, -0.15) is 0 Å². The van der Waals surface area contributed by atoms with Crippen LogP contribution in [0.25, 0.3) is 0 Å². The smallest absolute Gasteiger partial charge is 0.134 e. The fourth-order valence-corrected chi connectivity index (χ4v) is 3.78. The van der Waals surface area contributed by atoms with Crippen LogP contribution in [0.4, 0.5) is 5.69 Å². The molecule has 5 nitrogen and oxygen atoms in total. The first kappa shape index (κ1) is 19.1. The summed E-state index contributed by atoms with van der Waals surface area (Å²) in [5, 5.41) is 11.1. The highest BCUT2D eigenvalue weighted by Crippen LogP contribution is 2.33. The molecule has 0 aliphatic carbocycles. The molecule has 2 aliphatic heterocycles. The first-order chi connectivity index (χ1) is 13.6. The SMILES string of the molecule is C=C1Cc2ccc(OC[C@@H](O)CN3CCN(c4ccc(Cl)cc4)CC3)cc2O1. The van der Waals surface area contributed by atoms with E-state index in [4.69, 9.17) is 21.1 Å². The fourth-order valence-electron chi connectivity index (χ4n) is 3.65. The van der Waals surface area contributed by atoms with E-state index < -0.39 is 6.10 Å². The molecule has 148 valence electrons. The molecule has 0 aromatic heterocycles. The van der Waals surface area contributed by atoms with Gasteiger partial charge in [0.05, 0.1) is 0 Å². The van der Waals surface area contributed by atoms with E-state index in [0.717, 1.165) is 54.7 Å². The highest BCUT2D eigenvalue weighted by Gasteiger charge is 2.20. The molecule has 1 atom stereocenters. The Kier molecular flexibility index (Phi) is 5.76. The predicted molar refractivity (Wildman–Crippen MR) is 112 cm³/mol. The van der Waals surface area contributed by atoms with Gasteiger partial charge in [0, 0.05) is 61.5 Å². The van der Waals surface area contributed by atoms with Crippen LogP contribution in [0.5, 0.6) is 11.5 Å². The molecule has 0 spiro atoms. The number of halogens is 1. The van der Waals surface area contributed by atoms with E-state index in [2.05, 4.69) is 28.5 Å². The Morgan fingerprint density at radius 1 is 1.11 bits per heavy atom. The Morgan fingerprint density at radius 2 is 1.86 bits per heavy atom. The minimum Gasteiger partial charge on any atom is -0.491 e. The van der Waals surface area contributed by atoms with E-state index in [9.17, 15) is 5.11 Å². The Balaban J connectivity index is 1.22. The Labute approximate surface area is 170 Å². The van der Waals surface area contributed by atoms with Crippen molar-refractivity contribution in [2.75, 3.05) is 44.2 Å². The molecule has 0 saturated carbocycles. The van der Waals surface area contributed by atoms with E-state index in [1.807, 2.05) is 30.3 Å². The first-order valence-electron chi connectivity index (χ1n) is 9.59. The highest BCUT2D eigenvalue weighted by atomic mass is 35.5. The second kappa shape index (κ2) is 8.43. The number of hydrogen-bond acceptors (Lipinski definition) is 5. The fraction of sp³-hybridized carbons (Fsp3) is 0.364. The lowest BCUT2D eigenvalue weighted by molar-refractivity contribution is 0.0662. The number of piperazine rings is 1. The second-order valence-corrected chi connectivity index (χ2v) is 7.75. The van der Waals surface area contributed by atoms with Crippen LogP contribution >= 0.6 is 11.6 Å². The molecule has 2 heterocycles. The summed E-state index contributed by atoms with van der Waals surface area (Å²) in [5.74, 6) is 2.26. The van der Waals surface area contributed by atoms with E-state index in [0.29, 0.717) is 12.3 Å². The summed E-state index contributed by atoms with van der Waals surface area (Å²) in [6.45, 7) is 8.40. The Bertz CT molecular complexity index is 832. The van der Waals surface area contributed by atoms with Gasteiger partial charge in [0.15, 0.2) is 0 Å². The maximum atomic E-state index is 10.4. The Hall–Kier alpha value is -2.21. The number of aliphatic hydroxyl groups is 1. The number of aliphatic hydroxyl groups excluding tert-OH is 1. The molecular formula is C22H25ClN2O3. The number of anilines is 1. The number of nitrogens with zero attached hydrogens (tertiary/aromatic N) is 2. The van der Waals surface area contributed by atoms with Gasteiger partial charge in [0.1, 0.15) is 30.0 Å². The minimum atomic E-state index is -0.536. The molecule has 6 heteroatoms. The lowest BCUT2D eigenvalue weighted by Gasteiger charge is -2.36. The van der Waals surface area contributed by atoms with E-state index in [-0.39, 0.29) is 6.61 Å². The molecule has 2 aromatic rings. The number of ether oxygens (including phenoxy) is 2. The lowest BCUT2D eigenvalue weighted by Crippen LogP contribution is -2.49. The van der Waals surface area contributed by atoms with E-state index in [1.54, 1.807) is 0 Å². The predicted octanol–water partition coefficient (Wildman–Crippen LogP) is 3.35. The summed E-state index contributed by atoms with van der Waals surface area (Å²) in [7, 11) is 0. The Morgan fingerprint density at radius 3 is 2.61 bits per heavy atom. The van der Waals surface area contributed by atoms with Crippen molar-refractivity contribution in [1.82, 2.24) is 4.90 Å². The van der Waals surface area contributed by atoms with Gasteiger partial charge >= 0.3 is 0 Å². The van der Waals surface area contributed by atoms with Crippen LogP contribution in [0.1, 0.15) is 5.56 Å². The number of allylic oxidation sites excluding steroid dienone is 1. The van der Waals surface area contributed by atoms with E-state index in [1.165, 1.54) is 5.69 Å². The maximum absolute atomic E-state index is 10.4. The topological polar surface area (TPSA) is 45.2 Å². The van der Waals surface area contributed by atoms with Gasteiger partial charge in [-0.3, -0.25) is 4.90 Å². The third kappa shape index (κ3) is 4.61. The molecule has 4 rings (SSSR count). The molecule has 1 fully saturated rings. The molecule has 28 heavy (non-hydrogen) atoms. The van der Waals surface area contributed by atoms with Crippen LogP contribution < -0.4 is 14.4 Å². The quantitative estimate of drug-likeness (QED) is 0.805. The van der Waals surface area contributed by atoms with Crippen molar-refractivity contribution in [3.8, 4) is 11.5 Å². The van der Waals surface area contributed by atoms with Crippen molar-refractivity contribution in [3.63, 3.8) is 0 Å². The summed E-state index contributed by atoms with van der Waals surface area (Å²) in [4.78, 5) is 4.62. The molecule has 0 bridgehead atoms. The summed E-state index contributed by atoms with van der Waals surface area (Å²) in [6.07, 6.45) is 0.214. The summed E-state index contributed by atoms with van der Waals surface area (Å²) in [6, 6.07) is 13.7. The zero-order chi connectivity index (χ0) is 19.5. The standard InChI is InChI=1S/C22H25ClN2O3/c1-16-12-17-2-7-21(13-22(17)28-16)27-15-20(26)14-24-8-10-25(11-9-24)19-5-3-18(23)4-6-19/h2-7,13,20,26H,1,8-12,14-15H2/t20-/m0/s1. The van der Waals surface area contributed by atoms with Gasteiger partial charge in [0.2, 0.25) is 0 Å². The normalized spacial score (nSPS) is 17.9. The van der Waals surface area contributed by atoms with Gasteiger partial charge < -0.3 is 19.5 Å². The van der Waals surface area contributed by atoms with Crippen LogP contribution in [0, 0.1) is 0 Å². The van der Waals surface area contributed by atoms with Gasteiger partial charge in [-0.15, -0.1) is 0 Å². The third-order valence-electron chi connectivity index (χ3n) is 5.16. The van der Waals surface area contributed by atoms with Gasteiger partial charge in [-0.05, 0) is 30.3 Å². The zero-order valence-corrected chi connectivity index (χ0v) is 16.6. The van der Waals surface area contributed by atoms with Crippen molar-refractivity contribution in [3.05, 3.63) is 65.4 Å². The molecule has 0 amide bonds. The van der Waals surface area contributed by atoms with Crippen molar-refractivity contribution in [2.24, 2.45) is 0 Å².